The summed E-state index contributed by atoms with van der Waals surface area (Å²) in [7, 11) is 6.46. The summed E-state index contributed by atoms with van der Waals surface area (Å²) in [4.78, 5) is 11.6. The summed E-state index contributed by atoms with van der Waals surface area (Å²) < 4.78 is 34.2. The SMILES string of the molecule is COc1ccc([C@]23OC[C@H](Cc4cc(OC)c(OC)cc42)[C@@H]3COC(C)=O)cc1OC. The van der Waals surface area contributed by atoms with Crippen LogP contribution < -0.4 is 18.9 Å². The van der Waals surface area contributed by atoms with Crippen molar-refractivity contribution in [2.24, 2.45) is 11.8 Å². The van der Waals surface area contributed by atoms with Crippen molar-refractivity contribution in [3.63, 3.8) is 0 Å². The lowest BCUT2D eigenvalue weighted by Gasteiger charge is -2.41. The average molecular weight is 428 g/mol. The number of hydrogen-bond donors (Lipinski definition) is 0. The van der Waals surface area contributed by atoms with Gasteiger partial charge in [-0.15, -0.1) is 0 Å². The highest BCUT2D eigenvalue weighted by atomic mass is 16.5. The molecule has 0 spiro atoms. The van der Waals surface area contributed by atoms with E-state index < -0.39 is 5.60 Å². The van der Waals surface area contributed by atoms with E-state index in [9.17, 15) is 4.79 Å². The van der Waals surface area contributed by atoms with Crippen LogP contribution in [-0.4, -0.2) is 47.6 Å². The Balaban J connectivity index is 1.93. The summed E-state index contributed by atoms with van der Waals surface area (Å²) in [5.41, 5.74) is 2.22. The number of methoxy groups -OCH3 is 4. The number of fused-ring (bicyclic) bond motifs is 4. The molecule has 2 aromatic rings. The van der Waals surface area contributed by atoms with Gasteiger partial charge in [-0.25, -0.2) is 0 Å². The molecule has 7 heteroatoms. The molecule has 1 aliphatic carbocycles. The van der Waals surface area contributed by atoms with E-state index >= 15 is 0 Å². The quantitative estimate of drug-likeness (QED) is 0.626. The zero-order valence-electron chi connectivity index (χ0n) is 18.5. The zero-order chi connectivity index (χ0) is 22.2. The molecule has 2 aromatic carbocycles. The molecule has 7 nitrogen and oxygen atoms in total. The van der Waals surface area contributed by atoms with E-state index in [-0.39, 0.29) is 24.4 Å². The van der Waals surface area contributed by atoms with Gasteiger partial charge in [0.05, 0.1) is 41.7 Å². The first kappa shape index (κ1) is 21.3. The van der Waals surface area contributed by atoms with E-state index in [4.69, 9.17) is 28.4 Å². The van der Waals surface area contributed by atoms with Gasteiger partial charge in [0, 0.05) is 12.8 Å². The van der Waals surface area contributed by atoms with Crippen LogP contribution in [0.2, 0.25) is 0 Å². The Hall–Kier alpha value is -2.93. The first-order valence-electron chi connectivity index (χ1n) is 10.2. The predicted molar refractivity (Wildman–Crippen MR) is 113 cm³/mol. The molecule has 4 rings (SSSR count). The fourth-order valence-electron chi connectivity index (χ4n) is 4.97. The minimum Gasteiger partial charge on any atom is -0.493 e. The maximum Gasteiger partial charge on any atom is 0.302 e. The van der Waals surface area contributed by atoms with Gasteiger partial charge in [0.2, 0.25) is 0 Å². The van der Waals surface area contributed by atoms with E-state index in [2.05, 4.69) is 0 Å². The number of rotatable bonds is 7. The standard InChI is InChI=1S/C24H28O7/c1-14(25)30-13-19-16-8-15-9-21(27-3)23(29-5)11-18(15)24(19,31-12-16)17-6-7-20(26-2)22(10-17)28-4/h6-7,9-11,16,19H,8,12-13H2,1-5H3/t16-,19-,24-/m0/s1. The van der Waals surface area contributed by atoms with Gasteiger partial charge in [-0.05, 0) is 53.3 Å². The Morgan fingerprint density at radius 1 is 0.968 bits per heavy atom. The highest BCUT2D eigenvalue weighted by Crippen LogP contribution is 2.57. The number of carbonyl (C=O) groups excluding carboxylic acids is 1. The van der Waals surface area contributed by atoms with E-state index in [1.165, 1.54) is 6.92 Å². The van der Waals surface area contributed by atoms with Crippen LogP contribution in [0.25, 0.3) is 0 Å². The van der Waals surface area contributed by atoms with Crippen molar-refractivity contribution in [1.29, 1.82) is 0 Å². The summed E-state index contributed by atoms with van der Waals surface area (Å²) in [6.07, 6.45) is 0.802. The molecule has 2 bridgehead atoms. The normalized spacial score (nSPS) is 23.6. The number of ether oxygens (including phenoxy) is 6. The fraction of sp³-hybridized carbons (Fsp3) is 0.458. The number of carbonyl (C=O) groups is 1. The molecule has 0 N–H and O–H groups in total. The van der Waals surface area contributed by atoms with Gasteiger partial charge in [0.15, 0.2) is 23.0 Å². The van der Waals surface area contributed by atoms with Crippen LogP contribution in [0.3, 0.4) is 0 Å². The van der Waals surface area contributed by atoms with Crippen LogP contribution in [0.15, 0.2) is 30.3 Å². The number of esters is 1. The molecule has 3 atom stereocenters. The monoisotopic (exact) mass is 428 g/mol. The van der Waals surface area contributed by atoms with E-state index in [1.54, 1.807) is 28.4 Å². The van der Waals surface area contributed by atoms with Gasteiger partial charge in [0.1, 0.15) is 5.60 Å². The second-order valence-electron chi connectivity index (χ2n) is 7.85. The summed E-state index contributed by atoms with van der Waals surface area (Å²) in [5, 5.41) is 0. The van der Waals surface area contributed by atoms with Crippen LogP contribution in [0.4, 0.5) is 0 Å². The zero-order valence-corrected chi connectivity index (χ0v) is 18.5. The predicted octanol–water partition coefficient (Wildman–Crippen LogP) is 3.35. The van der Waals surface area contributed by atoms with Gasteiger partial charge in [0.25, 0.3) is 0 Å². The second kappa shape index (κ2) is 8.30. The second-order valence-corrected chi connectivity index (χ2v) is 7.85. The summed E-state index contributed by atoms with van der Waals surface area (Å²) in [6, 6.07) is 9.79. The van der Waals surface area contributed by atoms with Crippen molar-refractivity contribution in [3.8, 4) is 23.0 Å². The number of hydrogen-bond acceptors (Lipinski definition) is 7. The third-order valence-corrected chi connectivity index (χ3v) is 6.39. The summed E-state index contributed by atoms with van der Waals surface area (Å²) in [6.45, 7) is 2.25. The molecule has 0 aromatic heterocycles. The smallest absolute Gasteiger partial charge is 0.302 e. The first-order chi connectivity index (χ1) is 15.0. The molecule has 2 aliphatic rings. The topological polar surface area (TPSA) is 72.5 Å². The molecule has 0 amide bonds. The molecule has 31 heavy (non-hydrogen) atoms. The van der Waals surface area contributed by atoms with Crippen molar-refractivity contribution in [3.05, 3.63) is 47.0 Å². The molecule has 0 radical (unpaired) electrons. The van der Waals surface area contributed by atoms with E-state index in [0.717, 1.165) is 23.1 Å². The van der Waals surface area contributed by atoms with Crippen LogP contribution in [0.1, 0.15) is 23.6 Å². The van der Waals surface area contributed by atoms with Crippen LogP contribution in [0.5, 0.6) is 23.0 Å². The summed E-state index contributed by atoms with van der Waals surface area (Å²) >= 11 is 0. The largest absolute Gasteiger partial charge is 0.493 e. The minimum absolute atomic E-state index is 0.0555. The molecule has 1 fully saturated rings. The lowest BCUT2D eigenvalue weighted by Crippen LogP contribution is -2.43. The van der Waals surface area contributed by atoms with Crippen LogP contribution >= 0.6 is 0 Å². The maximum atomic E-state index is 11.6. The molecule has 1 heterocycles. The van der Waals surface area contributed by atoms with Gasteiger partial charge in [-0.2, -0.15) is 0 Å². The lowest BCUT2D eigenvalue weighted by atomic mass is 9.65. The van der Waals surface area contributed by atoms with Crippen molar-refractivity contribution in [1.82, 2.24) is 0 Å². The molecular weight excluding hydrogens is 400 g/mol. The van der Waals surface area contributed by atoms with Crippen molar-refractivity contribution < 1.29 is 33.2 Å². The van der Waals surface area contributed by atoms with Crippen LogP contribution in [-0.2, 0) is 26.3 Å². The third kappa shape index (κ3) is 3.37. The minimum atomic E-state index is -0.813. The Morgan fingerprint density at radius 3 is 2.26 bits per heavy atom. The van der Waals surface area contributed by atoms with Gasteiger partial charge in [-0.3, -0.25) is 4.79 Å². The van der Waals surface area contributed by atoms with Gasteiger partial charge < -0.3 is 28.4 Å². The first-order valence-corrected chi connectivity index (χ1v) is 10.2. The maximum absolute atomic E-state index is 11.6. The van der Waals surface area contributed by atoms with E-state index in [0.29, 0.717) is 29.6 Å². The Morgan fingerprint density at radius 2 is 1.61 bits per heavy atom. The number of benzene rings is 2. The molecule has 0 unspecified atom stereocenters. The lowest BCUT2D eigenvalue weighted by molar-refractivity contribution is -0.144. The Bertz CT molecular complexity index is 986. The fourth-order valence-corrected chi connectivity index (χ4v) is 4.97. The van der Waals surface area contributed by atoms with E-state index in [1.807, 2.05) is 30.3 Å². The van der Waals surface area contributed by atoms with Gasteiger partial charge in [-0.1, -0.05) is 6.07 Å². The Kier molecular flexibility index (Phi) is 5.71. The molecule has 1 aliphatic heterocycles. The molecule has 166 valence electrons. The Labute approximate surface area is 182 Å². The molecular formula is C24H28O7. The summed E-state index contributed by atoms with van der Waals surface area (Å²) in [5.74, 6) is 2.39. The molecule has 1 saturated heterocycles. The highest BCUT2D eigenvalue weighted by molar-refractivity contribution is 5.66. The van der Waals surface area contributed by atoms with Crippen molar-refractivity contribution in [2.75, 3.05) is 41.7 Å². The highest BCUT2D eigenvalue weighted by Gasteiger charge is 2.57. The van der Waals surface area contributed by atoms with Crippen molar-refractivity contribution >= 4 is 5.97 Å². The van der Waals surface area contributed by atoms with Crippen molar-refractivity contribution in [2.45, 2.75) is 18.9 Å². The third-order valence-electron chi connectivity index (χ3n) is 6.39. The average Bonchev–Trinajstić information content (AvgIpc) is 3.06. The van der Waals surface area contributed by atoms with Gasteiger partial charge >= 0.3 is 5.97 Å². The van der Waals surface area contributed by atoms with Crippen LogP contribution in [0, 0.1) is 11.8 Å². The molecule has 0 saturated carbocycles.